The van der Waals surface area contributed by atoms with Gasteiger partial charge < -0.3 is 19.8 Å². The largest absolute Gasteiger partial charge is 0.387 e. The smallest absolute Gasteiger partial charge is 0.131 e. The molecule has 4 rings (SSSR count). The molecular weight excluding hydrogens is 444 g/mol. The van der Waals surface area contributed by atoms with Gasteiger partial charge in [-0.2, -0.15) is 11.8 Å². The van der Waals surface area contributed by atoms with Crippen LogP contribution in [-0.4, -0.2) is 67.3 Å². The van der Waals surface area contributed by atoms with Crippen LogP contribution in [0.15, 0.2) is 36.4 Å². The molecule has 162 valence electrons. The van der Waals surface area contributed by atoms with Crippen molar-refractivity contribution in [2.24, 2.45) is 0 Å². The lowest BCUT2D eigenvalue weighted by atomic mass is 10.0. The van der Waals surface area contributed by atoms with Crippen molar-refractivity contribution in [3.05, 3.63) is 57.8 Å². The molecule has 2 fully saturated rings. The molecule has 2 heterocycles. The number of likely N-dealkylation sites (N-methyl/N-ethyl adjacent to an activating group) is 1. The molecule has 0 saturated carbocycles. The van der Waals surface area contributed by atoms with Crippen molar-refractivity contribution >= 4 is 46.3 Å². The van der Waals surface area contributed by atoms with Crippen molar-refractivity contribution < 1.29 is 9.50 Å². The van der Waals surface area contributed by atoms with Crippen LogP contribution >= 0.6 is 35.0 Å². The summed E-state index contributed by atoms with van der Waals surface area (Å²) < 4.78 is 15.0. The Kier molecular flexibility index (Phi) is 7.00. The first-order valence-corrected chi connectivity index (χ1v) is 12.0. The molecule has 0 spiro atoms. The van der Waals surface area contributed by atoms with Crippen molar-refractivity contribution in [2.45, 2.75) is 11.4 Å². The summed E-state index contributed by atoms with van der Waals surface area (Å²) in [5, 5.41) is 12.2. The lowest BCUT2D eigenvalue weighted by Gasteiger charge is -2.39. The molecule has 2 aromatic rings. The van der Waals surface area contributed by atoms with Gasteiger partial charge >= 0.3 is 0 Å². The molecule has 0 amide bonds. The number of benzene rings is 2. The van der Waals surface area contributed by atoms with Crippen LogP contribution in [0.1, 0.15) is 11.7 Å². The van der Waals surface area contributed by atoms with Crippen molar-refractivity contribution in [3.8, 4) is 0 Å². The summed E-state index contributed by atoms with van der Waals surface area (Å²) in [6.45, 7) is 4.96. The molecule has 2 atom stereocenters. The summed E-state index contributed by atoms with van der Waals surface area (Å²) in [6, 6.07) is 10.7. The fourth-order valence-corrected chi connectivity index (χ4v) is 5.63. The minimum Gasteiger partial charge on any atom is -0.387 e. The van der Waals surface area contributed by atoms with E-state index < -0.39 is 6.10 Å². The Bertz CT molecular complexity index is 895. The number of hydrogen-bond acceptors (Lipinski definition) is 5. The van der Waals surface area contributed by atoms with Crippen molar-refractivity contribution in [3.63, 3.8) is 0 Å². The number of anilines is 2. The van der Waals surface area contributed by atoms with Gasteiger partial charge in [-0.3, -0.25) is 0 Å². The van der Waals surface area contributed by atoms with Crippen LogP contribution in [0.2, 0.25) is 10.0 Å². The Morgan fingerprint density at radius 1 is 1.03 bits per heavy atom. The first-order valence-electron chi connectivity index (χ1n) is 10.2. The topological polar surface area (TPSA) is 30.0 Å². The third-order valence-corrected chi connectivity index (χ3v) is 7.88. The normalized spacial score (nSPS) is 21.7. The highest BCUT2D eigenvalue weighted by Gasteiger charge is 2.32. The number of hydrogen-bond donors (Lipinski definition) is 1. The standard InChI is InChI=1S/C22H26Cl2FN3OS/c1-26-7-9-27(10-8-26)19-4-2-3-18(25)21(19)22(29)20-14-28(11-12-30-20)15-5-6-16(23)17(24)13-15/h2-6,13,20,22,29H,7-12,14H2,1H3. The van der Waals surface area contributed by atoms with Crippen molar-refractivity contribution in [2.75, 3.05) is 61.9 Å². The molecule has 8 heteroatoms. The van der Waals surface area contributed by atoms with E-state index in [1.54, 1.807) is 23.9 Å². The Hall–Kier alpha value is -1.18. The van der Waals surface area contributed by atoms with Gasteiger partial charge in [-0.15, -0.1) is 0 Å². The number of aliphatic hydroxyl groups is 1. The highest BCUT2D eigenvalue weighted by atomic mass is 35.5. The highest BCUT2D eigenvalue weighted by Crippen LogP contribution is 2.38. The second-order valence-corrected chi connectivity index (χ2v) is 10.0. The van der Waals surface area contributed by atoms with Gasteiger partial charge in [0.25, 0.3) is 0 Å². The van der Waals surface area contributed by atoms with Gasteiger partial charge in [0.2, 0.25) is 0 Å². The van der Waals surface area contributed by atoms with E-state index in [-0.39, 0.29) is 11.1 Å². The van der Waals surface area contributed by atoms with Crippen LogP contribution in [0.3, 0.4) is 0 Å². The molecule has 0 radical (unpaired) electrons. The predicted octanol–water partition coefficient (Wildman–Crippen LogP) is 4.54. The average molecular weight is 470 g/mol. The number of nitrogens with zero attached hydrogens (tertiary/aromatic N) is 3. The molecule has 30 heavy (non-hydrogen) atoms. The average Bonchev–Trinajstić information content (AvgIpc) is 2.76. The third kappa shape index (κ3) is 4.68. The predicted molar refractivity (Wildman–Crippen MR) is 126 cm³/mol. The number of rotatable bonds is 4. The van der Waals surface area contributed by atoms with Crippen molar-refractivity contribution in [1.82, 2.24) is 4.90 Å². The molecular formula is C22H26Cl2FN3OS. The summed E-state index contributed by atoms with van der Waals surface area (Å²) in [5.41, 5.74) is 2.19. The lowest BCUT2D eigenvalue weighted by Crippen LogP contribution is -2.45. The van der Waals surface area contributed by atoms with Crippen LogP contribution in [0, 0.1) is 5.82 Å². The molecule has 2 saturated heterocycles. The zero-order valence-corrected chi connectivity index (χ0v) is 19.2. The maximum absolute atomic E-state index is 15.0. The molecule has 2 aliphatic heterocycles. The fourth-order valence-electron chi connectivity index (χ4n) is 4.11. The van der Waals surface area contributed by atoms with Gasteiger partial charge in [-0.1, -0.05) is 29.3 Å². The number of aliphatic hydroxyl groups excluding tert-OH is 1. The molecule has 0 aliphatic carbocycles. The summed E-state index contributed by atoms with van der Waals surface area (Å²) >= 11 is 13.9. The number of thioether (sulfide) groups is 1. The van der Waals surface area contributed by atoms with Gasteiger partial charge in [0, 0.05) is 62.0 Å². The Morgan fingerprint density at radius 3 is 2.53 bits per heavy atom. The minimum absolute atomic E-state index is 0.142. The first-order chi connectivity index (χ1) is 14.4. The van der Waals surface area contributed by atoms with Crippen molar-refractivity contribution in [1.29, 1.82) is 0 Å². The van der Waals surface area contributed by atoms with Crippen LogP contribution in [-0.2, 0) is 0 Å². The lowest BCUT2D eigenvalue weighted by molar-refractivity contribution is 0.170. The van der Waals surface area contributed by atoms with Gasteiger partial charge in [0.05, 0.1) is 21.4 Å². The van der Waals surface area contributed by atoms with Gasteiger partial charge in [0.15, 0.2) is 0 Å². The summed E-state index contributed by atoms with van der Waals surface area (Å²) in [5.74, 6) is 0.506. The summed E-state index contributed by atoms with van der Waals surface area (Å²) in [4.78, 5) is 6.63. The third-order valence-electron chi connectivity index (χ3n) is 5.88. The van der Waals surface area contributed by atoms with E-state index in [1.807, 2.05) is 18.2 Å². The minimum atomic E-state index is -0.892. The summed E-state index contributed by atoms with van der Waals surface area (Å²) in [7, 11) is 2.09. The first kappa shape index (κ1) is 22.0. The van der Waals surface area contributed by atoms with E-state index in [0.29, 0.717) is 22.2 Å². The highest BCUT2D eigenvalue weighted by molar-refractivity contribution is 8.00. The molecule has 2 aliphatic rings. The van der Waals surface area contributed by atoms with Crippen LogP contribution in [0.25, 0.3) is 0 Å². The molecule has 2 aromatic carbocycles. The quantitative estimate of drug-likeness (QED) is 0.709. The fraction of sp³-hybridized carbons (Fsp3) is 0.455. The van der Waals surface area contributed by atoms with E-state index in [2.05, 4.69) is 21.7 Å². The molecule has 2 unspecified atom stereocenters. The van der Waals surface area contributed by atoms with Crippen LogP contribution in [0.4, 0.5) is 15.8 Å². The SMILES string of the molecule is CN1CCN(c2cccc(F)c2C(O)C2CN(c3ccc(Cl)c(Cl)c3)CCS2)CC1. The molecule has 1 N–H and O–H groups in total. The molecule has 0 aromatic heterocycles. The van der Waals surface area contributed by atoms with E-state index >= 15 is 0 Å². The maximum atomic E-state index is 15.0. The van der Waals surface area contributed by atoms with Gasteiger partial charge in [0.1, 0.15) is 5.82 Å². The second-order valence-electron chi connectivity index (χ2n) is 7.86. The van der Waals surface area contributed by atoms with E-state index in [0.717, 1.165) is 49.9 Å². The molecule has 0 bridgehead atoms. The zero-order chi connectivity index (χ0) is 21.3. The Labute approximate surface area is 191 Å². The monoisotopic (exact) mass is 469 g/mol. The van der Waals surface area contributed by atoms with Gasteiger partial charge in [-0.25, -0.2) is 4.39 Å². The maximum Gasteiger partial charge on any atom is 0.131 e. The summed E-state index contributed by atoms with van der Waals surface area (Å²) in [6.07, 6.45) is -0.892. The van der Waals surface area contributed by atoms with Crippen LogP contribution in [0.5, 0.6) is 0 Å². The van der Waals surface area contributed by atoms with Gasteiger partial charge in [-0.05, 0) is 37.4 Å². The Morgan fingerprint density at radius 2 is 1.80 bits per heavy atom. The molecule has 4 nitrogen and oxygen atoms in total. The van der Waals surface area contributed by atoms with E-state index in [9.17, 15) is 9.50 Å². The Balaban J connectivity index is 1.56. The van der Waals surface area contributed by atoms with Crippen LogP contribution < -0.4 is 9.80 Å². The zero-order valence-electron chi connectivity index (χ0n) is 16.9. The van der Waals surface area contributed by atoms with E-state index in [4.69, 9.17) is 23.2 Å². The number of halogens is 3. The second kappa shape index (κ2) is 9.53. The number of piperazine rings is 1. The van der Waals surface area contributed by atoms with E-state index in [1.165, 1.54) is 6.07 Å².